The zero-order chi connectivity index (χ0) is 22.8. The van der Waals surface area contributed by atoms with Crippen molar-refractivity contribution in [2.45, 2.75) is 46.0 Å². The molecule has 0 heterocycles. The Bertz CT molecular complexity index is 1310. The molecule has 1 aliphatic rings. The third-order valence-corrected chi connectivity index (χ3v) is 6.57. The van der Waals surface area contributed by atoms with Crippen LogP contribution in [0.5, 0.6) is 11.5 Å². The zero-order valence-corrected chi connectivity index (χ0v) is 18.8. The van der Waals surface area contributed by atoms with Crippen LogP contribution in [-0.4, -0.2) is 20.3 Å². The predicted octanol–water partition coefficient (Wildman–Crippen LogP) is 5.58. The van der Waals surface area contributed by atoms with Crippen LogP contribution < -0.4 is 10.1 Å². The molecule has 1 N–H and O–H groups in total. The summed E-state index contributed by atoms with van der Waals surface area (Å²) in [7, 11) is 6.07. The molecule has 0 bridgehead atoms. The summed E-state index contributed by atoms with van der Waals surface area (Å²) in [5.41, 5.74) is 5.60. The normalized spacial score (nSPS) is 14.9. The Morgan fingerprint density at radius 2 is 1.78 bits per heavy atom. The predicted molar refractivity (Wildman–Crippen MR) is 133 cm³/mol. The van der Waals surface area contributed by atoms with E-state index in [2.05, 4.69) is 19.1 Å². The van der Waals surface area contributed by atoms with E-state index in [1.165, 1.54) is 24.0 Å². The summed E-state index contributed by atoms with van der Waals surface area (Å²) in [4.78, 5) is 0. The Hall–Kier alpha value is -3.07. The van der Waals surface area contributed by atoms with Crippen molar-refractivity contribution in [2.75, 3.05) is 0 Å². The van der Waals surface area contributed by atoms with Gasteiger partial charge in [-0.1, -0.05) is 13.0 Å². The summed E-state index contributed by atoms with van der Waals surface area (Å²) < 4.78 is 16.1. The molecule has 1 unspecified atom stereocenters. The minimum Gasteiger partial charge on any atom is -0.568 e. The van der Waals surface area contributed by atoms with Crippen LogP contribution in [0.15, 0.2) is 54.6 Å². The first-order chi connectivity index (χ1) is 15.4. The van der Waals surface area contributed by atoms with E-state index >= 15 is 0 Å². The molecule has 5 heteroatoms. The number of aromatic hydroxyl groups is 1. The van der Waals surface area contributed by atoms with Gasteiger partial charge in [0.15, 0.2) is 0 Å². The van der Waals surface area contributed by atoms with Gasteiger partial charge in [0.1, 0.15) is 5.75 Å². The first-order valence-electron chi connectivity index (χ1n) is 11.0. The van der Waals surface area contributed by atoms with Gasteiger partial charge < -0.3 is 4.65 Å². The number of benzene rings is 4. The van der Waals surface area contributed by atoms with Crippen molar-refractivity contribution in [1.82, 2.24) is 0 Å². The maximum atomic E-state index is 11.2. The fourth-order valence-electron chi connectivity index (χ4n) is 4.71. The van der Waals surface area contributed by atoms with Crippen LogP contribution in [0.2, 0.25) is 0 Å². The van der Waals surface area contributed by atoms with E-state index in [0.29, 0.717) is 11.4 Å². The molecule has 32 heavy (non-hydrogen) atoms. The van der Waals surface area contributed by atoms with Crippen molar-refractivity contribution in [2.24, 2.45) is 0 Å². The number of aryl methyl sites for hydroxylation is 3. The first kappa shape index (κ1) is 22.1. The van der Waals surface area contributed by atoms with E-state index in [1.54, 1.807) is 0 Å². The second kappa shape index (κ2) is 9.20. The molecule has 0 amide bonds. The fraction of sp³-hybridized carbons (Fsp3) is 0.259. The molecule has 0 saturated heterocycles. The maximum Gasteiger partial charge on any atom is 0.374 e. The second-order valence-electron chi connectivity index (χ2n) is 8.68. The van der Waals surface area contributed by atoms with Crippen molar-refractivity contribution in [3.63, 3.8) is 0 Å². The van der Waals surface area contributed by atoms with E-state index in [9.17, 15) is 9.81 Å². The monoisotopic (exact) mass is 420 g/mol. The van der Waals surface area contributed by atoms with Gasteiger partial charge >= 0.3 is 113 Å². The van der Waals surface area contributed by atoms with Crippen molar-refractivity contribution < 1.29 is 14.5 Å². The van der Waals surface area contributed by atoms with Gasteiger partial charge in [-0.25, -0.2) is 0 Å². The minimum absolute atomic E-state index is 0.242. The number of hydrogen-bond donors (Lipinski definition) is 1. The van der Waals surface area contributed by atoms with Gasteiger partial charge in [-0.2, -0.15) is 0 Å². The molecule has 4 aromatic carbocycles. The third-order valence-electron chi connectivity index (χ3n) is 6.57. The molecule has 2 radical (unpaired) electrons. The molecule has 0 saturated carbocycles. The Morgan fingerprint density at radius 3 is 2.53 bits per heavy atom. The molecule has 3 nitrogen and oxygen atoms in total. The first-order valence-corrected chi connectivity index (χ1v) is 11.0. The molecule has 0 fully saturated rings. The van der Waals surface area contributed by atoms with Gasteiger partial charge in [0.2, 0.25) is 0 Å². The molecular formula is C27H26B2O3. The smallest absolute Gasteiger partial charge is 0.374 e. The van der Waals surface area contributed by atoms with Gasteiger partial charge in [-0.15, -0.1) is 0 Å². The summed E-state index contributed by atoms with van der Waals surface area (Å²) >= 11 is 0. The van der Waals surface area contributed by atoms with Crippen molar-refractivity contribution in [3.8, 4) is 11.5 Å². The fourth-order valence-corrected chi connectivity index (χ4v) is 4.71. The van der Waals surface area contributed by atoms with Crippen LogP contribution in [0, 0.1) is 13.8 Å². The molecular weight excluding hydrogens is 394 g/mol. The molecule has 1 aliphatic carbocycles. The number of phenolic OH excluding ortho intramolecular Hbond substituents is 1. The van der Waals surface area contributed by atoms with Crippen molar-refractivity contribution in [1.29, 1.82) is 0 Å². The van der Waals surface area contributed by atoms with E-state index in [-0.39, 0.29) is 5.75 Å². The van der Waals surface area contributed by atoms with Crippen LogP contribution in [0.25, 0.3) is 21.5 Å². The van der Waals surface area contributed by atoms with Gasteiger partial charge in [-0.05, 0) is 54.9 Å². The van der Waals surface area contributed by atoms with Crippen LogP contribution in [-0.2, 0) is 11.1 Å². The van der Waals surface area contributed by atoms with E-state index in [1.807, 2.05) is 56.3 Å². The molecule has 0 aromatic heterocycles. The Kier molecular flexibility index (Phi) is 6.36. The van der Waals surface area contributed by atoms with Crippen LogP contribution in [0.1, 0.15) is 47.9 Å². The minimum atomic E-state index is 0.242. The average molecular weight is 420 g/mol. The summed E-state index contributed by atoms with van der Waals surface area (Å²) in [6, 6.07) is 17.6. The quantitative estimate of drug-likeness (QED) is 0.340. The Morgan fingerprint density at radius 1 is 1.00 bits per heavy atom. The number of phenols is 1. The topological polar surface area (TPSA) is 46.5 Å². The Labute approximate surface area is 191 Å². The summed E-state index contributed by atoms with van der Waals surface area (Å²) in [6.45, 7) is 6.24. The molecule has 158 valence electrons. The average Bonchev–Trinajstić information content (AvgIpc) is 2.80. The third kappa shape index (κ3) is 4.04. The van der Waals surface area contributed by atoms with Gasteiger partial charge in [0.05, 0.1) is 0 Å². The standard InChI is InChI=1S/C15H11BO2.C12H15BO/c1-9-6-7-12-13(14(9)16-18)8-10-4-2-3-5-11(10)15(12)17;1-8-4-3-5-10-7-12(14-13)9(2)6-11(8)10/h2-8,17H,1H3;6-8H,3-5H2,1-2H3. The van der Waals surface area contributed by atoms with E-state index in [0.717, 1.165) is 52.0 Å². The van der Waals surface area contributed by atoms with E-state index < -0.39 is 0 Å². The molecule has 5 rings (SSSR count). The number of fused-ring (bicyclic) bond motifs is 3. The number of hydrogen-bond acceptors (Lipinski definition) is 3. The number of rotatable bonds is 2. The Balaban J connectivity index is 0.000000158. The van der Waals surface area contributed by atoms with Crippen molar-refractivity contribution >= 4 is 42.2 Å². The van der Waals surface area contributed by atoms with E-state index in [4.69, 9.17) is 12.7 Å². The van der Waals surface area contributed by atoms with Gasteiger partial charge in [0, 0.05) is 0 Å². The summed E-state index contributed by atoms with van der Waals surface area (Å²) in [5.74, 6) is 1.74. The van der Waals surface area contributed by atoms with Crippen LogP contribution in [0.4, 0.5) is 0 Å². The molecule has 4 aromatic rings. The van der Waals surface area contributed by atoms with Crippen LogP contribution in [0.3, 0.4) is 0 Å². The molecule has 1 atom stereocenters. The molecule has 0 spiro atoms. The van der Waals surface area contributed by atoms with Crippen molar-refractivity contribution in [3.05, 3.63) is 76.9 Å². The van der Waals surface area contributed by atoms with Crippen LogP contribution >= 0.6 is 0 Å². The summed E-state index contributed by atoms with van der Waals surface area (Å²) in [5, 5.41) is 13.6. The zero-order valence-electron chi connectivity index (χ0n) is 18.8. The maximum absolute atomic E-state index is 11.2. The largest absolute Gasteiger partial charge is 0.568 e. The molecule has 0 aliphatic heterocycles. The van der Waals surface area contributed by atoms with Gasteiger partial charge in [-0.3, -0.25) is 0 Å². The van der Waals surface area contributed by atoms with Gasteiger partial charge in [0.25, 0.3) is 0 Å². The SMILES string of the molecule is Cc1ccc2c(O)c3ccccc3cc2c1B=O.[B]Oc1cc2c(cc1C)C(C)CCC2. The summed E-state index contributed by atoms with van der Waals surface area (Å²) in [6.07, 6.45) is 3.74. The second-order valence-corrected chi connectivity index (χ2v) is 8.68.